The summed E-state index contributed by atoms with van der Waals surface area (Å²) >= 11 is 1.72. The first kappa shape index (κ1) is 17.1. The highest BCUT2D eigenvalue weighted by Crippen LogP contribution is 2.35. The van der Waals surface area contributed by atoms with Crippen LogP contribution >= 0.6 is 11.3 Å². The summed E-state index contributed by atoms with van der Waals surface area (Å²) in [5.74, 6) is 0. The van der Waals surface area contributed by atoms with Crippen molar-refractivity contribution in [1.82, 2.24) is 25.1 Å². The van der Waals surface area contributed by atoms with Crippen molar-refractivity contribution >= 4 is 27.9 Å². The molecule has 144 valence electrons. The molecule has 1 aliphatic rings. The van der Waals surface area contributed by atoms with E-state index in [1.165, 1.54) is 22.4 Å². The van der Waals surface area contributed by atoms with E-state index in [1.807, 2.05) is 18.3 Å². The van der Waals surface area contributed by atoms with E-state index in [-0.39, 0.29) is 0 Å². The van der Waals surface area contributed by atoms with Gasteiger partial charge in [0, 0.05) is 47.2 Å². The lowest BCUT2D eigenvalue weighted by Gasteiger charge is -2.03. The molecule has 5 aromatic rings. The Morgan fingerprint density at radius 1 is 1.00 bits per heavy atom. The fourth-order valence-electron chi connectivity index (χ4n) is 3.95. The van der Waals surface area contributed by atoms with Gasteiger partial charge in [0.15, 0.2) is 5.65 Å². The van der Waals surface area contributed by atoms with Crippen molar-refractivity contribution in [3.8, 4) is 22.5 Å². The molecular formula is C24H17N5S. The Bertz CT molecular complexity index is 1400. The third-order valence-electron chi connectivity index (χ3n) is 5.44. The van der Waals surface area contributed by atoms with Gasteiger partial charge in [-0.3, -0.25) is 10.1 Å². The van der Waals surface area contributed by atoms with E-state index in [9.17, 15) is 0 Å². The number of hydrogen-bond donors (Lipinski definition) is 2. The Kier molecular flexibility index (Phi) is 3.95. The molecule has 5 aromatic heterocycles. The van der Waals surface area contributed by atoms with E-state index in [4.69, 9.17) is 0 Å². The van der Waals surface area contributed by atoms with Gasteiger partial charge in [-0.1, -0.05) is 18.2 Å². The van der Waals surface area contributed by atoms with E-state index in [0.717, 1.165) is 34.3 Å². The second kappa shape index (κ2) is 6.93. The number of nitrogens with one attached hydrogen (secondary N) is 2. The second-order valence-corrected chi connectivity index (χ2v) is 8.01. The van der Waals surface area contributed by atoms with Crippen LogP contribution in [0.2, 0.25) is 0 Å². The van der Waals surface area contributed by atoms with Crippen molar-refractivity contribution in [2.24, 2.45) is 0 Å². The van der Waals surface area contributed by atoms with Crippen LogP contribution in [0.3, 0.4) is 0 Å². The predicted molar refractivity (Wildman–Crippen MR) is 121 cm³/mol. The number of fused-ring (bicyclic) bond motifs is 2. The van der Waals surface area contributed by atoms with Crippen molar-refractivity contribution in [2.75, 3.05) is 0 Å². The maximum Gasteiger partial charge on any atom is 0.181 e. The topological polar surface area (TPSA) is 70.2 Å². The zero-order valence-corrected chi connectivity index (χ0v) is 16.8. The van der Waals surface area contributed by atoms with Crippen LogP contribution in [-0.4, -0.2) is 25.1 Å². The number of allylic oxidation sites excluding steroid dienone is 3. The van der Waals surface area contributed by atoms with E-state index in [1.54, 1.807) is 23.7 Å². The molecule has 0 amide bonds. The normalized spacial score (nSPS) is 13.3. The Hall–Kier alpha value is -3.77. The zero-order valence-electron chi connectivity index (χ0n) is 16.0. The summed E-state index contributed by atoms with van der Waals surface area (Å²) in [5.41, 5.74) is 9.73. The molecule has 0 fully saturated rings. The summed E-state index contributed by atoms with van der Waals surface area (Å²) in [6.45, 7) is 0. The fourth-order valence-corrected chi connectivity index (χ4v) is 4.61. The van der Waals surface area contributed by atoms with Gasteiger partial charge in [-0.15, -0.1) is 0 Å². The summed E-state index contributed by atoms with van der Waals surface area (Å²) in [7, 11) is 0. The molecule has 0 aliphatic heterocycles. The second-order valence-electron chi connectivity index (χ2n) is 7.23. The third kappa shape index (κ3) is 2.81. The first-order valence-corrected chi connectivity index (χ1v) is 10.7. The van der Waals surface area contributed by atoms with Crippen molar-refractivity contribution in [3.63, 3.8) is 0 Å². The summed E-state index contributed by atoms with van der Waals surface area (Å²) < 4.78 is 0. The van der Waals surface area contributed by atoms with E-state index in [0.29, 0.717) is 5.65 Å². The largest absolute Gasteiger partial charge is 0.356 e. The first-order valence-electron chi connectivity index (χ1n) is 9.73. The molecule has 0 unspecified atom stereocenters. The van der Waals surface area contributed by atoms with E-state index in [2.05, 4.69) is 72.3 Å². The lowest BCUT2D eigenvalue weighted by Crippen LogP contribution is -1.88. The maximum atomic E-state index is 4.56. The van der Waals surface area contributed by atoms with E-state index < -0.39 is 0 Å². The van der Waals surface area contributed by atoms with E-state index >= 15 is 0 Å². The Balaban J connectivity index is 1.48. The average molecular weight is 408 g/mol. The molecule has 5 heterocycles. The van der Waals surface area contributed by atoms with Crippen molar-refractivity contribution in [3.05, 3.63) is 94.7 Å². The van der Waals surface area contributed by atoms with Gasteiger partial charge in [0.2, 0.25) is 0 Å². The number of H-pyrrole nitrogens is 2. The first-order chi connectivity index (χ1) is 14.9. The molecule has 0 saturated carbocycles. The molecule has 6 heteroatoms. The van der Waals surface area contributed by atoms with Crippen LogP contribution in [0.4, 0.5) is 0 Å². The van der Waals surface area contributed by atoms with Crippen LogP contribution in [0.25, 0.3) is 39.1 Å². The number of hydrogen-bond acceptors (Lipinski definition) is 4. The molecule has 0 radical (unpaired) electrons. The van der Waals surface area contributed by atoms with Crippen molar-refractivity contribution in [1.29, 1.82) is 0 Å². The van der Waals surface area contributed by atoms with Crippen LogP contribution in [0.15, 0.2) is 77.9 Å². The molecule has 5 nitrogen and oxygen atoms in total. The molecular weight excluding hydrogens is 390 g/mol. The number of aromatic amines is 2. The summed E-state index contributed by atoms with van der Waals surface area (Å²) in [5, 5.41) is 12.9. The minimum absolute atomic E-state index is 0.709. The number of nitrogens with zero attached hydrogens (tertiary/aromatic N) is 3. The third-order valence-corrected chi connectivity index (χ3v) is 6.12. The Morgan fingerprint density at radius 2 is 1.93 bits per heavy atom. The molecule has 0 bridgehead atoms. The van der Waals surface area contributed by atoms with Gasteiger partial charge in [0.05, 0.1) is 11.4 Å². The molecule has 6 rings (SSSR count). The number of pyridine rings is 2. The smallest absolute Gasteiger partial charge is 0.181 e. The highest BCUT2D eigenvalue weighted by atomic mass is 32.1. The van der Waals surface area contributed by atoms with Crippen LogP contribution < -0.4 is 0 Å². The molecule has 1 aliphatic carbocycles. The summed E-state index contributed by atoms with van der Waals surface area (Å²) in [6, 6.07) is 10.5. The number of rotatable bonds is 3. The molecule has 0 spiro atoms. The van der Waals surface area contributed by atoms with Crippen molar-refractivity contribution < 1.29 is 0 Å². The van der Waals surface area contributed by atoms with Gasteiger partial charge >= 0.3 is 0 Å². The van der Waals surface area contributed by atoms with Gasteiger partial charge < -0.3 is 4.98 Å². The lowest BCUT2D eigenvalue weighted by molar-refractivity contribution is 1.09. The van der Waals surface area contributed by atoms with Gasteiger partial charge in [-0.25, -0.2) is 4.98 Å². The van der Waals surface area contributed by atoms with Gasteiger partial charge in [-0.2, -0.15) is 16.4 Å². The Morgan fingerprint density at radius 3 is 2.80 bits per heavy atom. The zero-order chi connectivity index (χ0) is 19.9. The highest BCUT2D eigenvalue weighted by Gasteiger charge is 2.18. The molecule has 0 saturated heterocycles. The van der Waals surface area contributed by atoms with Gasteiger partial charge in [0.1, 0.15) is 0 Å². The van der Waals surface area contributed by atoms with Crippen LogP contribution in [-0.2, 0) is 6.42 Å². The number of aromatic nitrogens is 5. The minimum atomic E-state index is 0.709. The van der Waals surface area contributed by atoms with Crippen molar-refractivity contribution in [2.45, 2.75) is 6.42 Å². The lowest BCUT2D eigenvalue weighted by atomic mass is 10.00. The SMILES string of the molecule is C1=CCc2[nH]c(-c3[nH]nc4ncc(-c5ccncc5)cc34)cc2C(c2ccsc2)=C1. The molecule has 2 N–H and O–H groups in total. The van der Waals surface area contributed by atoms with Gasteiger partial charge in [-0.05, 0) is 57.8 Å². The number of thiophene rings is 1. The van der Waals surface area contributed by atoms with Crippen LogP contribution in [0, 0.1) is 0 Å². The fraction of sp³-hybridized carbons (Fsp3) is 0.0417. The maximum absolute atomic E-state index is 4.56. The van der Waals surface area contributed by atoms with Crippen LogP contribution in [0.1, 0.15) is 16.8 Å². The molecule has 30 heavy (non-hydrogen) atoms. The quantitative estimate of drug-likeness (QED) is 0.408. The molecule has 0 aromatic carbocycles. The highest BCUT2D eigenvalue weighted by molar-refractivity contribution is 7.08. The molecule has 0 atom stereocenters. The average Bonchev–Trinajstić information content (AvgIpc) is 3.52. The standard InChI is InChI=1S/C24H17N5S/c1-2-4-21-19(18(3-1)16-7-10-30-14-16)12-22(27-21)23-20-11-17(13-26-24(20)29-28-23)15-5-8-25-9-6-15/h1-3,5-14,27H,4H2,(H,26,28,29). The summed E-state index contributed by atoms with van der Waals surface area (Å²) in [6.07, 6.45) is 12.8. The van der Waals surface area contributed by atoms with Crippen LogP contribution in [0.5, 0.6) is 0 Å². The predicted octanol–water partition coefficient (Wildman–Crippen LogP) is 5.62. The Labute approximate surface area is 176 Å². The summed E-state index contributed by atoms with van der Waals surface area (Å²) in [4.78, 5) is 12.3. The minimum Gasteiger partial charge on any atom is -0.356 e. The monoisotopic (exact) mass is 407 g/mol. The van der Waals surface area contributed by atoms with Gasteiger partial charge in [0.25, 0.3) is 0 Å².